The predicted molar refractivity (Wildman–Crippen MR) is 101 cm³/mol. The van der Waals surface area contributed by atoms with Gasteiger partial charge in [0.05, 0.1) is 10.4 Å². The van der Waals surface area contributed by atoms with E-state index in [2.05, 4.69) is 5.32 Å². The van der Waals surface area contributed by atoms with E-state index < -0.39 is 32.1 Å². The Balaban J connectivity index is 1.78. The minimum Gasteiger partial charge on any atom is -0.385 e. The highest BCUT2D eigenvalue weighted by Crippen LogP contribution is 2.31. The number of amides is 1. The molecule has 10 heteroatoms. The average molecular weight is 432 g/mol. The number of sulfonamides is 1. The van der Waals surface area contributed by atoms with Gasteiger partial charge < -0.3 is 14.8 Å². The molecule has 2 aliphatic heterocycles. The van der Waals surface area contributed by atoms with Crippen LogP contribution in [0.25, 0.3) is 0 Å². The monoisotopic (exact) mass is 432 g/mol. The van der Waals surface area contributed by atoms with Crippen molar-refractivity contribution in [2.75, 3.05) is 40.0 Å². The zero-order chi connectivity index (χ0) is 21.1. The first-order valence-electron chi connectivity index (χ1n) is 9.61. The van der Waals surface area contributed by atoms with Gasteiger partial charge in [-0.15, -0.1) is 0 Å². The Kier molecular flexibility index (Phi) is 6.87. The number of ether oxygens (including phenoxy) is 2. The number of nitrogens with zero attached hydrogens (tertiary/aromatic N) is 1. The number of carbonyl (C=O) groups is 1. The molecule has 0 saturated carbocycles. The van der Waals surface area contributed by atoms with Gasteiger partial charge in [-0.25, -0.2) is 17.2 Å². The van der Waals surface area contributed by atoms with Crippen molar-refractivity contribution in [1.29, 1.82) is 0 Å². The molecule has 1 amide bonds. The molecule has 1 N–H and O–H groups in total. The van der Waals surface area contributed by atoms with Crippen molar-refractivity contribution in [3.8, 4) is 0 Å². The van der Waals surface area contributed by atoms with Crippen LogP contribution in [0.4, 0.5) is 8.78 Å². The molecule has 0 radical (unpaired) electrons. The molecule has 7 nitrogen and oxygen atoms in total. The molecule has 1 aromatic rings. The second-order valence-electron chi connectivity index (χ2n) is 7.59. The first-order chi connectivity index (χ1) is 13.8. The Morgan fingerprint density at radius 3 is 2.55 bits per heavy atom. The zero-order valence-electron chi connectivity index (χ0n) is 16.3. The number of rotatable bonds is 7. The van der Waals surface area contributed by atoms with Crippen molar-refractivity contribution in [3.05, 3.63) is 29.8 Å². The molecule has 1 atom stereocenters. The molecular formula is C19H26F2N2O5S. The zero-order valence-corrected chi connectivity index (χ0v) is 17.1. The summed E-state index contributed by atoms with van der Waals surface area (Å²) in [5, 5.41) is 3.04. The number of nitrogens with one attached hydrogen (secondary N) is 1. The van der Waals surface area contributed by atoms with Crippen LogP contribution >= 0.6 is 0 Å². The van der Waals surface area contributed by atoms with E-state index >= 15 is 0 Å². The van der Waals surface area contributed by atoms with Crippen LogP contribution in [0.1, 0.15) is 25.7 Å². The van der Waals surface area contributed by atoms with Crippen molar-refractivity contribution in [2.45, 2.75) is 36.1 Å². The fourth-order valence-corrected chi connectivity index (χ4v) is 5.43. The molecule has 2 fully saturated rings. The third kappa shape index (κ3) is 5.11. The van der Waals surface area contributed by atoms with Gasteiger partial charge in [-0.05, 0) is 37.8 Å². The Bertz CT molecular complexity index is 825. The van der Waals surface area contributed by atoms with Gasteiger partial charge in [0, 0.05) is 52.0 Å². The van der Waals surface area contributed by atoms with Gasteiger partial charge in [0.1, 0.15) is 11.6 Å². The molecule has 1 unspecified atom stereocenters. The second kappa shape index (κ2) is 9.03. The summed E-state index contributed by atoms with van der Waals surface area (Å²) in [5.41, 5.74) is -0.787. The van der Waals surface area contributed by atoms with Crippen molar-refractivity contribution < 1.29 is 31.5 Å². The smallest absolute Gasteiger partial charge is 0.243 e. The third-order valence-electron chi connectivity index (χ3n) is 5.56. The highest BCUT2D eigenvalue weighted by molar-refractivity contribution is 7.89. The van der Waals surface area contributed by atoms with E-state index in [-0.39, 0.29) is 24.9 Å². The average Bonchev–Trinajstić information content (AvgIpc) is 3.11. The van der Waals surface area contributed by atoms with Crippen LogP contribution in [0.5, 0.6) is 0 Å². The fourth-order valence-electron chi connectivity index (χ4n) is 3.86. The van der Waals surface area contributed by atoms with E-state index in [1.165, 1.54) is 11.4 Å². The normalized spacial score (nSPS) is 24.0. The maximum Gasteiger partial charge on any atom is 0.243 e. The van der Waals surface area contributed by atoms with Crippen molar-refractivity contribution in [3.63, 3.8) is 0 Å². The van der Waals surface area contributed by atoms with Crippen LogP contribution in [0.15, 0.2) is 23.1 Å². The lowest BCUT2D eigenvalue weighted by atomic mass is 9.91. The first-order valence-corrected chi connectivity index (χ1v) is 11.0. The second-order valence-corrected chi connectivity index (χ2v) is 9.53. The molecule has 0 aliphatic carbocycles. The Labute approximate surface area is 169 Å². The van der Waals surface area contributed by atoms with Crippen molar-refractivity contribution >= 4 is 15.9 Å². The van der Waals surface area contributed by atoms with Crippen LogP contribution < -0.4 is 5.32 Å². The lowest BCUT2D eigenvalue weighted by Crippen LogP contribution is -2.53. The summed E-state index contributed by atoms with van der Waals surface area (Å²) in [6, 6.07) is 2.22. The Morgan fingerprint density at radius 2 is 1.93 bits per heavy atom. The molecular weight excluding hydrogens is 406 g/mol. The molecule has 2 heterocycles. The van der Waals surface area contributed by atoms with Crippen molar-refractivity contribution in [1.82, 2.24) is 9.62 Å². The van der Waals surface area contributed by atoms with Gasteiger partial charge in [-0.3, -0.25) is 4.79 Å². The summed E-state index contributed by atoms with van der Waals surface area (Å²) in [4.78, 5) is 12.3. The minimum absolute atomic E-state index is 0.0196. The molecule has 1 aromatic carbocycles. The van der Waals surface area contributed by atoms with Crippen LogP contribution in [0.3, 0.4) is 0 Å². The van der Waals surface area contributed by atoms with E-state index in [1.807, 2.05) is 0 Å². The van der Waals surface area contributed by atoms with Gasteiger partial charge in [0.15, 0.2) is 0 Å². The van der Waals surface area contributed by atoms with Crippen LogP contribution in [-0.2, 0) is 24.3 Å². The summed E-state index contributed by atoms with van der Waals surface area (Å²) in [6.45, 7) is 1.55. The fraction of sp³-hybridized carbons (Fsp3) is 0.632. The van der Waals surface area contributed by atoms with Gasteiger partial charge in [0.2, 0.25) is 15.9 Å². The SMILES string of the molecule is COCCC1(NC(=O)C2CCOCC2)CCN(S(=O)(=O)c2cc(F)cc(F)c2)C1. The number of carbonyl (C=O) groups excluding carboxylic acids is 1. The van der Waals surface area contributed by atoms with Gasteiger partial charge in [-0.1, -0.05) is 0 Å². The molecule has 162 valence electrons. The topological polar surface area (TPSA) is 84.9 Å². The van der Waals surface area contributed by atoms with E-state index in [0.717, 1.165) is 12.1 Å². The molecule has 2 aliphatic rings. The third-order valence-corrected chi connectivity index (χ3v) is 7.38. The molecule has 0 aromatic heterocycles. The number of benzene rings is 1. The summed E-state index contributed by atoms with van der Waals surface area (Å²) < 4.78 is 64.5. The highest BCUT2D eigenvalue weighted by Gasteiger charge is 2.44. The van der Waals surface area contributed by atoms with Crippen LogP contribution in [0, 0.1) is 17.6 Å². The maximum atomic E-state index is 13.5. The highest BCUT2D eigenvalue weighted by atomic mass is 32.2. The lowest BCUT2D eigenvalue weighted by Gasteiger charge is -2.33. The molecule has 0 bridgehead atoms. The van der Waals surface area contributed by atoms with E-state index in [9.17, 15) is 22.0 Å². The van der Waals surface area contributed by atoms with Crippen LogP contribution in [0.2, 0.25) is 0 Å². The first kappa shape index (κ1) is 22.1. The quantitative estimate of drug-likeness (QED) is 0.709. The Hall–Kier alpha value is -1.62. The van der Waals surface area contributed by atoms with Crippen molar-refractivity contribution in [2.24, 2.45) is 5.92 Å². The molecule has 0 spiro atoms. The molecule has 29 heavy (non-hydrogen) atoms. The standard InChI is InChI=1S/C19H26F2N2O5S/c1-27-9-5-19(22-18(24)14-2-7-28-8-3-14)4-6-23(13-19)29(25,26)17-11-15(20)10-16(21)12-17/h10-12,14H,2-9,13H2,1H3,(H,22,24). The van der Waals surface area contributed by atoms with Crippen LogP contribution in [-0.4, -0.2) is 64.2 Å². The van der Waals surface area contributed by atoms with E-state index in [1.54, 1.807) is 0 Å². The lowest BCUT2D eigenvalue weighted by molar-refractivity contribution is -0.130. The number of hydrogen-bond acceptors (Lipinski definition) is 5. The summed E-state index contributed by atoms with van der Waals surface area (Å²) in [6.07, 6.45) is 2.07. The van der Waals surface area contributed by atoms with E-state index in [0.29, 0.717) is 51.6 Å². The van der Waals surface area contributed by atoms with Gasteiger partial charge >= 0.3 is 0 Å². The largest absolute Gasteiger partial charge is 0.385 e. The number of halogens is 2. The molecule has 2 saturated heterocycles. The summed E-state index contributed by atoms with van der Waals surface area (Å²) in [5.74, 6) is -2.21. The van der Waals surface area contributed by atoms with E-state index in [4.69, 9.17) is 9.47 Å². The summed E-state index contributed by atoms with van der Waals surface area (Å²) in [7, 11) is -2.56. The minimum atomic E-state index is -4.10. The number of methoxy groups -OCH3 is 1. The Morgan fingerprint density at radius 1 is 1.28 bits per heavy atom. The number of hydrogen-bond donors (Lipinski definition) is 1. The van der Waals surface area contributed by atoms with Gasteiger partial charge in [0.25, 0.3) is 0 Å². The predicted octanol–water partition coefficient (Wildman–Crippen LogP) is 1.68. The van der Waals surface area contributed by atoms with Gasteiger partial charge in [-0.2, -0.15) is 4.31 Å². The summed E-state index contributed by atoms with van der Waals surface area (Å²) >= 11 is 0. The maximum absolute atomic E-state index is 13.5. The molecule has 3 rings (SSSR count).